The Morgan fingerprint density at radius 3 is 2.83 bits per heavy atom. The van der Waals surface area contributed by atoms with E-state index in [1.165, 1.54) is 5.56 Å². The smallest absolute Gasteiger partial charge is 0.137 e. The van der Waals surface area contributed by atoms with E-state index < -0.39 is 0 Å². The molecule has 0 saturated heterocycles. The van der Waals surface area contributed by atoms with Gasteiger partial charge in [0.05, 0.1) is 13.3 Å². The fraction of sp³-hybridized carbons (Fsp3) is 0.444. The molecule has 2 nitrogen and oxygen atoms in total. The van der Waals surface area contributed by atoms with Gasteiger partial charge in [-0.1, -0.05) is 0 Å². The Balaban J connectivity index is 2.86. The van der Waals surface area contributed by atoms with Gasteiger partial charge in [-0.15, -0.1) is 0 Å². The van der Waals surface area contributed by atoms with Gasteiger partial charge in [-0.2, -0.15) is 11.8 Å². The predicted octanol–water partition coefficient (Wildman–Crippen LogP) is 2.51. The molecule has 0 aromatic carbocycles. The topological polar surface area (TPSA) is 22.1 Å². The van der Waals surface area contributed by atoms with E-state index in [2.05, 4.69) is 18.2 Å². The lowest BCUT2D eigenvalue weighted by Gasteiger charge is -2.08. The molecule has 1 rings (SSSR count). The van der Waals surface area contributed by atoms with Crippen molar-refractivity contribution in [1.82, 2.24) is 4.98 Å². The van der Waals surface area contributed by atoms with E-state index in [0.29, 0.717) is 5.25 Å². The van der Waals surface area contributed by atoms with Gasteiger partial charge in [0.2, 0.25) is 0 Å². The number of hydrogen-bond acceptors (Lipinski definition) is 3. The van der Waals surface area contributed by atoms with Crippen molar-refractivity contribution in [2.24, 2.45) is 0 Å². The van der Waals surface area contributed by atoms with Crippen molar-refractivity contribution in [2.75, 3.05) is 13.4 Å². The quantitative estimate of drug-likeness (QED) is 0.719. The normalized spacial score (nSPS) is 12.6. The molecule has 0 bridgehead atoms. The van der Waals surface area contributed by atoms with Crippen molar-refractivity contribution >= 4 is 11.8 Å². The van der Waals surface area contributed by atoms with Crippen LogP contribution in [0.4, 0.5) is 0 Å². The fourth-order valence-corrected chi connectivity index (χ4v) is 1.31. The van der Waals surface area contributed by atoms with Crippen LogP contribution in [0, 0.1) is 0 Å². The molecule has 0 amide bonds. The van der Waals surface area contributed by atoms with E-state index in [9.17, 15) is 0 Å². The molecule has 66 valence electrons. The maximum absolute atomic E-state index is 5.08. The van der Waals surface area contributed by atoms with Crippen molar-refractivity contribution in [3.05, 3.63) is 24.0 Å². The first-order valence-electron chi connectivity index (χ1n) is 3.79. The summed E-state index contributed by atoms with van der Waals surface area (Å²) in [5.41, 5.74) is 1.21. The lowest BCUT2D eigenvalue weighted by atomic mass is 10.2. The van der Waals surface area contributed by atoms with E-state index in [-0.39, 0.29) is 0 Å². The number of nitrogens with zero attached hydrogens (tertiary/aromatic N) is 1. The summed E-state index contributed by atoms with van der Waals surface area (Å²) in [6.07, 6.45) is 5.68. The Morgan fingerprint density at radius 1 is 1.50 bits per heavy atom. The Morgan fingerprint density at radius 2 is 2.25 bits per heavy atom. The molecule has 0 aliphatic rings. The summed E-state index contributed by atoms with van der Waals surface area (Å²) in [7, 11) is 1.66. The second-order valence-electron chi connectivity index (χ2n) is 2.54. The van der Waals surface area contributed by atoms with Gasteiger partial charge in [0.1, 0.15) is 5.75 Å². The molecule has 1 unspecified atom stereocenters. The number of methoxy groups -OCH3 is 1. The Bertz CT molecular complexity index is 252. The van der Waals surface area contributed by atoms with Gasteiger partial charge >= 0.3 is 0 Å². The third-order valence-corrected chi connectivity index (χ3v) is 2.77. The van der Waals surface area contributed by atoms with Gasteiger partial charge in [0.25, 0.3) is 0 Å². The van der Waals surface area contributed by atoms with Crippen molar-refractivity contribution in [1.29, 1.82) is 0 Å². The zero-order valence-electron chi connectivity index (χ0n) is 7.57. The van der Waals surface area contributed by atoms with Crippen LogP contribution in [-0.2, 0) is 0 Å². The highest BCUT2D eigenvalue weighted by molar-refractivity contribution is 7.98. The molecular weight excluding hydrogens is 170 g/mol. The van der Waals surface area contributed by atoms with Crippen LogP contribution in [0.1, 0.15) is 17.7 Å². The molecular formula is C9H13NOS. The molecule has 1 atom stereocenters. The molecule has 3 heteroatoms. The van der Waals surface area contributed by atoms with Gasteiger partial charge < -0.3 is 4.74 Å². The molecule has 0 aliphatic carbocycles. The lowest BCUT2D eigenvalue weighted by Crippen LogP contribution is -1.91. The lowest BCUT2D eigenvalue weighted by molar-refractivity contribution is 0.412. The molecule has 0 N–H and O–H groups in total. The van der Waals surface area contributed by atoms with E-state index in [0.717, 1.165) is 5.75 Å². The monoisotopic (exact) mass is 183 g/mol. The Labute approximate surface area is 77.3 Å². The van der Waals surface area contributed by atoms with E-state index >= 15 is 0 Å². The molecule has 1 aromatic rings. The van der Waals surface area contributed by atoms with Crippen LogP contribution in [0.5, 0.6) is 5.75 Å². The number of pyridine rings is 1. The van der Waals surface area contributed by atoms with Crippen molar-refractivity contribution < 1.29 is 4.74 Å². The third-order valence-electron chi connectivity index (χ3n) is 1.79. The maximum atomic E-state index is 5.08. The van der Waals surface area contributed by atoms with Crippen LogP contribution >= 0.6 is 11.8 Å². The zero-order chi connectivity index (χ0) is 8.97. The average Bonchev–Trinajstić information content (AvgIpc) is 2.17. The zero-order valence-corrected chi connectivity index (χ0v) is 8.39. The Hall–Kier alpha value is -0.700. The highest BCUT2D eigenvalue weighted by Crippen LogP contribution is 2.26. The molecule has 0 aliphatic heterocycles. The summed E-state index contributed by atoms with van der Waals surface area (Å²) < 4.78 is 5.08. The second kappa shape index (κ2) is 4.36. The summed E-state index contributed by atoms with van der Waals surface area (Å²) in [4.78, 5) is 4.09. The predicted molar refractivity (Wildman–Crippen MR) is 52.7 cm³/mol. The summed E-state index contributed by atoms with van der Waals surface area (Å²) in [5, 5.41) is 0.479. The number of thioether (sulfide) groups is 1. The molecule has 0 spiro atoms. The first-order chi connectivity index (χ1) is 5.77. The first-order valence-corrected chi connectivity index (χ1v) is 5.08. The average molecular weight is 183 g/mol. The van der Waals surface area contributed by atoms with Crippen LogP contribution in [0.15, 0.2) is 18.5 Å². The molecule has 1 heterocycles. The first kappa shape index (κ1) is 9.39. The SMILES string of the molecule is COc1cncc(C(C)SC)c1. The van der Waals surface area contributed by atoms with E-state index in [1.807, 2.05) is 12.3 Å². The van der Waals surface area contributed by atoms with Crippen molar-refractivity contribution in [3.63, 3.8) is 0 Å². The van der Waals surface area contributed by atoms with Crippen molar-refractivity contribution in [3.8, 4) is 5.75 Å². The van der Waals surface area contributed by atoms with Crippen LogP contribution in [-0.4, -0.2) is 18.3 Å². The Kier molecular flexibility index (Phi) is 3.41. The fourth-order valence-electron chi connectivity index (χ4n) is 0.906. The number of hydrogen-bond donors (Lipinski definition) is 0. The van der Waals surface area contributed by atoms with Gasteiger partial charge in [-0.05, 0) is 24.8 Å². The second-order valence-corrected chi connectivity index (χ2v) is 3.71. The minimum absolute atomic E-state index is 0.479. The minimum Gasteiger partial charge on any atom is -0.495 e. The summed E-state index contributed by atoms with van der Waals surface area (Å²) >= 11 is 1.80. The summed E-state index contributed by atoms with van der Waals surface area (Å²) in [6.45, 7) is 2.15. The highest BCUT2D eigenvalue weighted by Gasteiger charge is 2.04. The molecule has 0 radical (unpaired) electrons. The van der Waals surface area contributed by atoms with Crippen molar-refractivity contribution in [2.45, 2.75) is 12.2 Å². The van der Waals surface area contributed by atoms with Gasteiger partial charge in [0, 0.05) is 11.4 Å². The van der Waals surface area contributed by atoms with Gasteiger partial charge in [0.15, 0.2) is 0 Å². The molecule has 0 fully saturated rings. The number of aromatic nitrogens is 1. The minimum atomic E-state index is 0.479. The molecule has 12 heavy (non-hydrogen) atoms. The van der Waals surface area contributed by atoms with Crippen LogP contribution < -0.4 is 4.74 Å². The summed E-state index contributed by atoms with van der Waals surface area (Å²) in [5.74, 6) is 0.827. The summed E-state index contributed by atoms with van der Waals surface area (Å²) in [6, 6.07) is 2.02. The van der Waals surface area contributed by atoms with Crippen LogP contribution in [0.2, 0.25) is 0 Å². The molecule has 1 aromatic heterocycles. The van der Waals surface area contributed by atoms with Crippen LogP contribution in [0.3, 0.4) is 0 Å². The van der Waals surface area contributed by atoms with Gasteiger partial charge in [-0.3, -0.25) is 4.98 Å². The van der Waals surface area contributed by atoms with E-state index in [1.54, 1.807) is 25.1 Å². The molecule has 0 saturated carbocycles. The number of ether oxygens (including phenoxy) is 1. The maximum Gasteiger partial charge on any atom is 0.137 e. The third kappa shape index (κ3) is 2.14. The number of rotatable bonds is 3. The highest BCUT2D eigenvalue weighted by atomic mass is 32.2. The largest absolute Gasteiger partial charge is 0.495 e. The van der Waals surface area contributed by atoms with Crippen LogP contribution in [0.25, 0.3) is 0 Å². The standard InChI is InChI=1S/C9H13NOS/c1-7(12-3)8-4-9(11-2)6-10-5-8/h4-7H,1-3H3. The van der Waals surface area contributed by atoms with E-state index in [4.69, 9.17) is 4.74 Å². The van der Waals surface area contributed by atoms with Gasteiger partial charge in [-0.25, -0.2) is 0 Å².